The zero-order chi connectivity index (χ0) is 21.0. The predicted octanol–water partition coefficient (Wildman–Crippen LogP) is 3.34. The number of rotatable bonds is 2. The summed E-state index contributed by atoms with van der Waals surface area (Å²) >= 11 is 12.4. The first-order chi connectivity index (χ1) is 14.4. The standard InChI is InChI=1S/C21H22Cl2N6O/c1-13-26-17(11-18(30)29(13)15-4-2-3-14(22)19(15)23)27-9-6-21(7-10-27)12-28-16(20(21)24)5-8-25-28/h2-5,8,11,20H,6-7,9-10,12,24H2,1H3/t20-/m1/s1. The first-order valence-corrected chi connectivity index (χ1v) is 10.7. The van der Waals surface area contributed by atoms with E-state index in [0.29, 0.717) is 27.4 Å². The molecule has 7 nitrogen and oxygen atoms in total. The number of aromatic nitrogens is 4. The summed E-state index contributed by atoms with van der Waals surface area (Å²) in [6.45, 7) is 4.25. The molecule has 0 aliphatic carbocycles. The lowest BCUT2D eigenvalue weighted by atomic mass is 9.73. The average Bonchev–Trinajstić information content (AvgIpc) is 3.27. The number of piperidine rings is 1. The molecule has 30 heavy (non-hydrogen) atoms. The van der Waals surface area contributed by atoms with Gasteiger partial charge in [-0.1, -0.05) is 29.3 Å². The quantitative estimate of drug-likeness (QED) is 0.655. The maximum Gasteiger partial charge on any atom is 0.260 e. The van der Waals surface area contributed by atoms with Crippen molar-refractivity contribution in [3.8, 4) is 5.69 Å². The third-order valence-electron chi connectivity index (χ3n) is 6.52. The Balaban J connectivity index is 1.40. The highest BCUT2D eigenvalue weighted by atomic mass is 35.5. The molecule has 2 N–H and O–H groups in total. The van der Waals surface area contributed by atoms with E-state index in [2.05, 4.69) is 10.00 Å². The zero-order valence-electron chi connectivity index (χ0n) is 16.6. The van der Waals surface area contributed by atoms with E-state index in [1.807, 2.05) is 16.9 Å². The van der Waals surface area contributed by atoms with Crippen LogP contribution in [0, 0.1) is 12.3 Å². The summed E-state index contributed by atoms with van der Waals surface area (Å²) in [4.78, 5) is 19.8. The number of hydrogen-bond donors (Lipinski definition) is 1. The molecule has 9 heteroatoms. The number of aryl methyl sites for hydroxylation is 1. The van der Waals surface area contributed by atoms with E-state index in [-0.39, 0.29) is 17.0 Å². The van der Waals surface area contributed by atoms with Crippen LogP contribution in [0.25, 0.3) is 5.69 Å². The van der Waals surface area contributed by atoms with E-state index in [4.69, 9.17) is 33.9 Å². The molecule has 0 radical (unpaired) electrons. The van der Waals surface area contributed by atoms with E-state index in [0.717, 1.165) is 38.2 Å². The van der Waals surface area contributed by atoms with Gasteiger partial charge in [0.1, 0.15) is 11.6 Å². The highest BCUT2D eigenvalue weighted by Gasteiger charge is 2.47. The lowest BCUT2D eigenvalue weighted by Crippen LogP contribution is -2.45. The van der Waals surface area contributed by atoms with Crippen molar-refractivity contribution in [2.24, 2.45) is 11.1 Å². The van der Waals surface area contributed by atoms with Crippen molar-refractivity contribution in [1.29, 1.82) is 0 Å². The highest BCUT2D eigenvalue weighted by molar-refractivity contribution is 6.43. The van der Waals surface area contributed by atoms with Crippen LogP contribution in [-0.4, -0.2) is 32.4 Å². The van der Waals surface area contributed by atoms with Crippen molar-refractivity contribution in [3.05, 3.63) is 68.4 Å². The fourth-order valence-corrected chi connectivity index (χ4v) is 5.18. The molecule has 1 atom stereocenters. The van der Waals surface area contributed by atoms with Crippen molar-refractivity contribution in [3.63, 3.8) is 0 Å². The molecule has 1 spiro atoms. The Bertz CT molecular complexity index is 1180. The Hall–Kier alpha value is -2.35. The zero-order valence-corrected chi connectivity index (χ0v) is 18.1. The summed E-state index contributed by atoms with van der Waals surface area (Å²) in [6.07, 6.45) is 3.67. The van der Waals surface area contributed by atoms with Crippen molar-refractivity contribution < 1.29 is 0 Å². The van der Waals surface area contributed by atoms with Crippen LogP contribution in [0.3, 0.4) is 0 Å². The van der Waals surface area contributed by atoms with Gasteiger partial charge in [-0.15, -0.1) is 0 Å². The third kappa shape index (κ3) is 2.95. The minimum atomic E-state index is -0.181. The van der Waals surface area contributed by atoms with Gasteiger partial charge in [0, 0.05) is 37.3 Å². The van der Waals surface area contributed by atoms with E-state index < -0.39 is 0 Å². The lowest BCUT2D eigenvalue weighted by Gasteiger charge is -2.41. The Morgan fingerprint density at radius 2 is 1.97 bits per heavy atom. The molecule has 0 amide bonds. The monoisotopic (exact) mass is 444 g/mol. The summed E-state index contributed by atoms with van der Waals surface area (Å²) in [5.74, 6) is 1.26. The lowest BCUT2D eigenvalue weighted by molar-refractivity contribution is 0.170. The topological polar surface area (TPSA) is 82.0 Å². The Morgan fingerprint density at radius 1 is 1.20 bits per heavy atom. The molecule has 1 fully saturated rings. The third-order valence-corrected chi connectivity index (χ3v) is 7.33. The number of anilines is 1. The summed E-state index contributed by atoms with van der Waals surface area (Å²) in [6, 6.07) is 8.80. The molecule has 1 aromatic carbocycles. The van der Waals surface area contributed by atoms with Gasteiger partial charge in [-0.25, -0.2) is 4.98 Å². The van der Waals surface area contributed by atoms with Crippen LogP contribution in [0.4, 0.5) is 5.82 Å². The van der Waals surface area contributed by atoms with E-state index >= 15 is 0 Å². The molecule has 0 bridgehead atoms. The number of halogens is 2. The normalized spacial score (nSPS) is 20.0. The number of fused-ring (bicyclic) bond motifs is 1. The predicted molar refractivity (Wildman–Crippen MR) is 118 cm³/mol. The van der Waals surface area contributed by atoms with Crippen LogP contribution in [0.1, 0.15) is 30.4 Å². The number of nitrogens with two attached hydrogens (primary N) is 1. The van der Waals surface area contributed by atoms with Crippen LogP contribution < -0.4 is 16.2 Å². The van der Waals surface area contributed by atoms with Gasteiger partial charge in [-0.05, 0) is 38.0 Å². The molecule has 3 aromatic rings. The molecular weight excluding hydrogens is 423 g/mol. The smallest absolute Gasteiger partial charge is 0.260 e. The van der Waals surface area contributed by atoms with Gasteiger partial charge in [-0.2, -0.15) is 5.10 Å². The Morgan fingerprint density at radius 3 is 2.67 bits per heavy atom. The second-order valence-corrected chi connectivity index (χ2v) is 8.93. The van der Waals surface area contributed by atoms with E-state index in [9.17, 15) is 4.79 Å². The molecule has 0 unspecified atom stereocenters. The van der Waals surface area contributed by atoms with E-state index in [1.165, 1.54) is 4.57 Å². The minimum absolute atomic E-state index is 0.00480. The van der Waals surface area contributed by atoms with Gasteiger partial charge in [0.05, 0.1) is 27.5 Å². The van der Waals surface area contributed by atoms with Gasteiger partial charge in [0.2, 0.25) is 0 Å². The molecule has 1 saturated heterocycles. The summed E-state index contributed by atoms with van der Waals surface area (Å²) in [5, 5.41) is 5.14. The summed E-state index contributed by atoms with van der Waals surface area (Å²) < 4.78 is 3.52. The fourth-order valence-electron chi connectivity index (χ4n) is 4.80. The first-order valence-electron chi connectivity index (χ1n) is 9.97. The van der Waals surface area contributed by atoms with Crippen LogP contribution in [0.2, 0.25) is 10.0 Å². The summed E-state index contributed by atoms with van der Waals surface area (Å²) in [7, 11) is 0. The Kier molecular flexibility index (Phi) is 4.65. The molecule has 0 saturated carbocycles. The van der Waals surface area contributed by atoms with Crippen molar-refractivity contribution >= 4 is 29.0 Å². The van der Waals surface area contributed by atoms with Crippen LogP contribution in [-0.2, 0) is 6.54 Å². The largest absolute Gasteiger partial charge is 0.356 e. The number of benzene rings is 1. The van der Waals surface area contributed by atoms with Crippen molar-refractivity contribution in [2.75, 3.05) is 18.0 Å². The number of hydrogen-bond acceptors (Lipinski definition) is 5. The van der Waals surface area contributed by atoms with Crippen LogP contribution in [0.5, 0.6) is 0 Å². The average molecular weight is 445 g/mol. The second-order valence-electron chi connectivity index (χ2n) is 8.15. The van der Waals surface area contributed by atoms with Crippen LogP contribution >= 0.6 is 23.2 Å². The molecule has 2 aromatic heterocycles. The molecule has 5 rings (SSSR count). The minimum Gasteiger partial charge on any atom is -0.356 e. The molecule has 4 heterocycles. The number of nitrogens with zero attached hydrogens (tertiary/aromatic N) is 5. The first kappa shape index (κ1) is 19.6. The maximum atomic E-state index is 12.9. The summed E-state index contributed by atoms with van der Waals surface area (Å²) in [5.41, 5.74) is 8.06. The van der Waals surface area contributed by atoms with Gasteiger partial charge in [0.25, 0.3) is 5.56 Å². The fraction of sp³-hybridized carbons (Fsp3) is 0.381. The van der Waals surface area contributed by atoms with Crippen LogP contribution in [0.15, 0.2) is 41.3 Å². The second kappa shape index (κ2) is 7.11. The molecule has 156 valence electrons. The van der Waals surface area contributed by atoms with Crippen molar-refractivity contribution in [1.82, 2.24) is 19.3 Å². The Labute approximate surface area is 184 Å². The van der Waals surface area contributed by atoms with Gasteiger partial charge >= 0.3 is 0 Å². The maximum absolute atomic E-state index is 12.9. The highest BCUT2D eigenvalue weighted by Crippen LogP contribution is 2.47. The van der Waals surface area contributed by atoms with Gasteiger partial charge in [0.15, 0.2) is 0 Å². The SMILES string of the molecule is Cc1nc(N2CCC3(CC2)Cn2nccc2[C@H]3N)cc(=O)n1-c1cccc(Cl)c1Cl. The molecular formula is C21H22Cl2N6O. The van der Waals surface area contributed by atoms with E-state index in [1.54, 1.807) is 31.2 Å². The molecule has 2 aliphatic rings. The van der Waals surface area contributed by atoms with Crippen molar-refractivity contribution in [2.45, 2.75) is 32.4 Å². The van der Waals surface area contributed by atoms with Gasteiger partial charge in [-0.3, -0.25) is 14.0 Å². The molecule has 2 aliphatic heterocycles. The van der Waals surface area contributed by atoms with Gasteiger partial charge < -0.3 is 10.6 Å².